The van der Waals surface area contributed by atoms with Crippen LogP contribution in [0.5, 0.6) is 0 Å². The molecule has 0 saturated carbocycles. The minimum atomic E-state index is -2.97. The lowest BCUT2D eigenvalue weighted by Crippen LogP contribution is -2.36. The Labute approximate surface area is 130 Å². The number of hydrogen-bond acceptors (Lipinski definition) is 4. The Kier molecular flexibility index (Phi) is 5.52. The molecule has 0 aromatic heterocycles. The van der Waals surface area contributed by atoms with Gasteiger partial charge in [0.05, 0.1) is 17.2 Å². The largest absolute Gasteiger partial charge is 0.324 e. The van der Waals surface area contributed by atoms with Gasteiger partial charge in [0, 0.05) is 25.6 Å². The molecule has 1 amide bonds. The van der Waals surface area contributed by atoms with Crippen LogP contribution in [0.4, 0.5) is 10.1 Å². The zero-order valence-corrected chi connectivity index (χ0v) is 13.4. The molecular weight excluding hydrogens is 307 g/mol. The van der Waals surface area contributed by atoms with Crippen LogP contribution in [0, 0.1) is 5.82 Å². The van der Waals surface area contributed by atoms with E-state index in [0.29, 0.717) is 19.5 Å². The van der Waals surface area contributed by atoms with E-state index in [2.05, 4.69) is 5.32 Å². The molecule has 1 N–H and O–H groups in total. The zero-order valence-electron chi connectivity index (χ0n) is 12.6. The predicted molar refractivity (Wildman–Crippen MR) is 84.0 cm³/mol. The minimum Gasteiger partial charge on any atom is -0.324 e. The van der Waals surface area contributed by atoms with Crippen LogP contribution in [0.25, 0.3) is 0 Å². The molecule has 0 bridgehead atoms. The molecule has 0 radical (unpaired) electrons. The van der Waals surface area contributed by atoms with E-state index in [9.17, 15) is 17.6 Å². The maximum Gasteiger partial charge on any atom is 0.225 e. The van der Waals surface area contributed by atoms with Crippen LogP contribution in [0.1, 0.15) is 19.8 Å². The molecule has 0 aliphatic carbocycles. The summed E-state index contributed by atoms with van der Waals surface area (Å²) in [6, 6.07) is 6.13. The van der Waals surface area contributed by atoms with Crippen LogP contribution in [0.2, 0.25) is 0 Å². The molecule has 1 unspecified atom stereocenters. The lowest BCUT2D eigenvalue weighted by Gasteiger charge is -2.25. The average molecular weight is 328 g/mol. The molecule has 22 heavy (non-hydrogen) atoms. The monoisotopic (exact) mass is 328 g/mol. The zero-order chi connectivity index (χ0) is 16.2. The number of sulfone groups is 1. The van der Waals surface area contributed by atoms with Gasteiger partial charge in [0.2, 0.25) is 5.91 Å². The van der Waals surface area contributed by atoms with Crippen LogP contribution in [-0.2, 0) is 14.6 Å². The number of halogens is 1. The average Bonchev–Trinajstić information content (AvgIpc) is 2.59. The highest BCUT2D eigenvalue weighted by molar-refractivity contribution is 7.91. The van der Waals surface area contributed by atoms with Gasteiger partial charge in [0.1, 0.15) is 5.82 Å². The molecule has 122 valence electrons. The van der Waals surface area contributed by atoms with E-state index in [1.54, 1.807) is 12.1 Å². The number of rotatable bonds is 4. The quantitative estimate of drug-likeness (QED) is 0.913. The Morgan fingerprint density at radius 1 is 1.36 bits per heavy atom. The van der Waals surface area contributed by atoms with Gasteiger partial charge in [0.15, 0.2) is 9.84 Å². The molecule has 1 aliphatic rings. The molecule has 1 saturated heterocycles. The number of benzene rings is 1. The van der Waals surface area contributed by atoms with Gasteiger partial charge in [-0.15, -0.1) is 0 Å². The van der Waals surface area contributed by atoms with Crippen molar-refractivity contribution in [3.8, 4) is 0 Å². The molecule has 0 spiro atoms. The third-order valence-electron chi connectivity index (χ3n) is 3.93. The summed E-state index contributed by atoms with van der Waals surface area (Å²) >= 11 is 0. The Morgan fingerprint density at radius 2 is 2.09 bits per heavy atom. The standard InChI is InChI=1S/C15H21FN2O3S/c1-12-7-10-22(20,21)11-9-18(12)8-6-15(19)17-14-5-3-2-4-13(14)16/h2-5,12H,6-11H2,1H3,(H,17,19). The molecule has 1 aromatic rings. The first-order valence-corrected chi connectivity index (χ1v) is 9.18. The number of amides is 1. The highest BCUT2D eigenvalue weighted by Crippen LogP contribution is 2.15. The van der Waals surface area contributed by atoms with E-state index in [1.807, 2.05) is 11.8 Å². The fourth-order valence-electron chi connectivity index (χ4n) is 2.46. The van der Waals surface area contributed by atoms with E-state index in [4.69, 9.17) is 0 Å². The molecule has 5 nitrogen and oxygen atoms in total. The van der Waals surface area contributed by atoms with E-state index < -0.39 is 15.7 Å². The second-order valence-electron chi connectivity index (χ2n) is 5.60. The Morgan fingerprint density at radius 3 is 2.82 bits per heavy atom. The summed E-state index contributed by atoms with van der Waals surface area (Å²) < 4.78 is 36.7. The van der Waals surface area contributed by atoms with E-state index >= 15 is 0 Å². The molecule has 1 heterocycles. The van der Waals surface area contributed by atoms with E-state index in [0.717, 1.165) is 0 Å². The first kappa shape index (κ1) is 16.9. The van der Waals surface area contributed by atoms with Crippen LogP contribution < -0.4 is 5.32 Å². The molecule has 1 atom stereocenters. The summed E-state index contributed by atoms with van der Waals surface area (Å²) in [5.74, 6) is -0.410. The van der Waals surface area contributed by atoms with Crippen molar-refractivity contribution in [2.45, 2.75) is 25.8 Å². The number of nitrogens with one attached hydrogen (secondary N) is 1. The van der Waals surface area contributed by atoms with Gasteiger partial charge < -0.3 is 5.32 Å². The maximum absolute atomic E-state index is 13.5. The predicted octanol–water partition coefficient (Wildman–Crippen LogP) is 1.66. The van der Waals surface area contributed by atoms with E-state index in [1.165, 1.54) is 12.1 Å². The normalized spacial score (nSPS) is 22.0. The van der Waals surface area contributed by atoms with Crippen LogP contribution in [0.3, 0.4) is 0 Å². The van der Waals surface area contributed by atoms with Crippen molar-refractivity contribution >= 4 is 21.4 Å². The molecule has 1 fully saturated rings. The summed E-state index contributed by atoms with van der Waals surface area (Å²) in [6.45, 7) is 2.88. The lowest BCUT2D eigenvalue weighted by molar-refractivity contribution is -0.116. The van der Waals surface area contributed by atoms with Crippen LogP contribution in [-0.4, -0.2) is 49.9 Å². The van der Waals surface area contributed by atoms with Gasteiger partial charge in [-0.05, 0) is 25.5 Å². The Balaban J connectivity index is 1.87. The van der Waals surface area contributed by atoms with Crippen molar-refractivity contribution in [1.29, 1.82) is 0 Å². The van der Waals surface area contributed by atoms with Crippen LogP contribution >= 0.6 is 0 Å². The Bertz CT molecular complexity index is 633. The van der Waals surface area contributed by atoms with Gasteiger partial charge in [-0.1, -0.05) is 12.1 Å². The highest BCUT2D eigenvalue weighted by Gasteiger charge is 2.24. The second kappa shape index (κ2) is 7.19. The molecule has 2 rings (SSSR count). The summed E-state index contributed by atoms with van der Waals surface area (Å²) in [5, 5.41) is 2.54. The van der Waals surface area contributed by atoms with Gasteiger partial charge in [-0.2, -0.15) is 0 Å². The second-order valence-corrected chi connectivity index (χ2v) is 7.91. The van der Waals surface area contributed by atoms with Gasteiger partial charge in [-0.3, -0.25) is 9.69 Å². The topological polar surface area (TPSA) is 66.5 Å². The van der Waals surface area contributed by atoms with Gasteiger partial charge in [0.25, 0.3) is 0 Å². The van der Waals surface area contributed by atoms with Crippen molar-refractivity contribution in [1.82, 2.24) is 4.90 Å². The van der Waals surface area contributed by atoms with Crippen molar-refractivity contribution in [2.75, 3.05) is 29.9 Å². The first-order chi connectivity index (χ1) is 10.4. The molecule has 1 aromatic carbocycles. The third-order valence-corrected chi connectivity index (χ3v) is 5.60. The summed E-state index contributed by atoms with van der Waals surface area (Å²) in [6.07, 6.45) is 0.788. The molecule has 1 aliphatic heterocycles. The van der Waals surface area contributed by atoms with E-state index in [-0.39, 0.29) is 35.6 Å². The SMILES string of the molecule is CC1CCS(=O)(=O)CCN1CCC(=O)Nc1ccccc1F. The molecule has 7 heteroatoms. The van der Waals surface area contributed by atoms with Crippen molar-refractivity contribution in [3.05, 3.63) is 30.1 Å². The highest BCUT2D eigenvalue weighted by atomic mass is 32.2. The Hall–Kier alpha value is -1.47. The number of carbonyl (C=O) groups is 1. The summed E-state index contributed by atoms with van der Waals surface area (Å²) in [5.41, 5.74) is 0.166. The van der Waals surface area contributed by atoms with Gasteiger partial charge >= 0.3 is 0 Å². The maximum atomic E-state index is 13.5. The third kappa shape index (κ3) is 4.78. The smallest absolute Gasteiger partial charge is 0.225 e. The lowest BCUT2D eigenvalue weighted by atomic mass is 10.2. The molecular formula is C15H21FN2O3S. The van der Waals surface area contributed by atoms with Crippen LogP contribution in [0.15, 0.2) is 24.3 Å². The number of nitrogens with zero attached hydrogens (tertiary/aromatic N) is 1. The van der Waals surface area contributed by atoms with Gasteiger partial charge in [-0.25, -0.2) is 12.8 Å². The fraction of sp³-hybridized carbons (Fsp3) is 0.533. The number of anilines is 1. The summed E-state index contributed by atoms with van der Waals surface area (Å²) in [7, 11) is -2.97. The first-order valence-electron chi connectivity index (χ1n) is 7.36. The fourth-order valence-corrected chi connectivity index (χ4v) is 3.88. The van der Waals surface area contributed by atoms with Crippen molar-refractivity contribution < 1.29 is 17.6 Å². The minimum absolute atomic E-state index is 0.124. The van der Waals surface area contributed by atoms with Crippen molar-refractivity contribution in [2.24, 2.45) is 0 Å². The number of carbonyl (C=O) groups excluding carboxylic acids is 1. The number of para-hydroxylation sites is 1. The number of hydrogen-bond donors (Lipinski definition) is 1. The van der Waals surface area contributed by atoms with Crippen molar-refractivity contribution in [3.63, 3.8) is 0 Å². The summed E-state index contributed by atoms with van der Waals surface area (Å²) in [4.78, 5) is 13.9.